The summed E-state index contributed by atoms with van der Waals surface area (Å²) in [6.07, 6.45) is 9.74. The van der Waals surface area contributed by atoms with E-state index in [1.165, 1.54) is 152 Å². The molecule has 3 heteroatoms. The fourth-order valence-electron chi connectivity index (χ4n) is 16.0. The van der Waals surface area contributed by atoms with Gasteiger partial charge in [-0.3, -0.25) is 0 Å². The van der Waals surface area contributed by atoms with Crippen molar-refractivity contribution in [2.75, 3.05) is 9.80 Å². The smallest absolute Gasteiger partial charge is 0.136 e. The molecule has 2 fully saturated rings. The standard InChI is InChI=1S/C71H64N2O/c1-67(2)58-43-56(47-29-32-52-51-26-15-16-28-64(51)74-65(52)41-47)54(45-30-33-62-59(39-45)68(3)35-17-19-37-70(68,5)72(62)48-21-9-7-10-22-48)42-57(58)66-53-27-14-13-25-50(53)55(44-61(66)67)46-31-34-63-60(40-46)69(4)36-18-20-38-71(69,6)73(63)49-23-11-8-12-24-49/h7-16,21-34,39-44H,17-20,35-38H2,1-6H3. The lowest BCUT2D eigenvalue weighted by Crippen LogP contribution is -2.54. The number of fused-ring (bicyclic) bond motifs is 14. The minimum atomic E-state index is -0.277. The summed E-state index contributed by atoms with van der Waals surface area (Å²) >= 11 is 0. The summed E-state index contributed by atoms with van der Waals surface area (Å²) in [6.45, 7) is 15.1. The molecule has 0 spiro atoms. The highest BCUT2D eigenvalue weighted by atomic mass is 16.3. The van der Waals surface area contributed by atoms with Gasteiger partial charge < -0.3 is 14.2 Å². The quantitative estimate of drug-likeness (QED) is 0.171. The minimum Gasteiger partial charge on any atom is -0.456 e. The van der Waals surface area contributed by atoms with Gasteiger partial charge in [0.25, 0.3) is 0 Å². The molecule has 2 saturated carbocycles. The van der Waals surface area contributed by atoms with Crippen LogP contribution in [-0.4, -0.2) is 11.1 Å². The van der Waals surface area contributed by atoms with Gasteiger partial charge in [-0.05, 0) is 202 Å². The molecule has 0 radical (unpaired) electrons. The number of benzene rings is 9. The molecule has 0 amide bonds. The lowest BCUT2D eigenvalue weighted by Gasteiger charge is -2.50. The molecule has 2 aliphatic heterocycles. The minimum absolute atomic E-state index is 0.00452. The van der Waals surface area contributed by atoms with E-state index in [9.17, 15) is 0 Å². The highest BCUT2D eigenvalue weighted by Crippen LogP contribution is 2.64. The Morgan fingerprint density at radius 2 is 0.824 bits per heavy atom. The van der Waals surface area contributed by atoms with Crippen LogP contribution >= 0.6 is 0 Å². The largest absolute Gasteiger partial charge is 0.456 e. The molecule has 4 unspecified atom stereocenters. The molecule has 0 N–H and O–H groups in total. The normalized spacial score (nSPS) is 24.2. The Morgan fingerprint density at radius 1 is 0.351 bits per heavy atom. The van der Waals surface area contributed by atoms with Gasteiger partial charge in [-0.2, -0.15) is 0 Å². The molecule has 9 aromatic carbocycles. The lowest BCUT2D eigenvalue weighted by molar-refractivity contribution is 0.195. The molecule has 1 aromatic heterocycles. The number of rotatable bonds is 5. The van der Waals surface area contributed by atoms with Crippen LogP contribution in [0.4, 0.5) is 22.7 Å². The van der Waals surface area contributed by atoms with Gasteiger partial charge in [0.05, 0.1) is 11.1 Å². The van der Waals surface area contributed by atoms with Crippen LogP contribution in [0.25, 0.3) is 77.2 Å². The third-order valence-corrected chi connectivity index (χ3v) is 20.4. The average Bonchev–Trinajstić information content (AvgIpc) is 4.06. The molecule has 3 nitrogen and oxygen atoms in total. The van der Waals surface area contributed by atoms with Crippen LogP contribution < -0.4 is 9.80 Å². The number of hydrogen-bond donors (Lipinski definition) is 0. The third kappa shape index (κ3) is 5.74. The number of anilines is 4. The Balaban J connectivity index is 0.943. The Morgan fingerprint density at radius 3 is 1.45 bits per heavy atom. The number of nitrogens with zero attached hydrogens (tertiary/aromatic N) is 2. The second kappa shape index (κ2) is 15.4. The summed E-state index contributed by atoms with van der Waals surface area (Å²) in [6, 6.07) is 69.7. The van der Waals surface area contributed by atoms with Gasteiger partial charge in [0.15, 0.2) is 0 Å². The lowest BCUT2D eigenvalue weighted by atomic mass is 9.61. The van der Waals surface area contributed by atoms with E-state index >= 15 is 0 Å². The van der Waals surface area contributed by atoms with Gasteiger partial charge in [0.1, 0.15) is 11.2 Å². The molecule has 10 aromatic rings. The summed E-state index contributed by atoms with van der Waals surface area (Å²) in [7, 11) is 0. The second-order valence-corrected chi connectivity index (χ2v) is 24.2. The molecule has 74 heavy (non-hydrogen) atoms. The first kappa shape index (κ1) is 44.2. The fourth-order valence-corrected chi connectivity index (χ4v) is 16.0. The highest BCUT2D eigenvalue weighted by Gasteiger charge is 2.59. The zero-order chi connectivity index (χ0) is 49.9. The molecule has 15 rings (SSSR count). The van der Waals surface area contributed by atoms with Gasteiger partial charge in [-0.25, -0.2) is 0 Å². The fraction of sp³-hybridized carbons (Fsp3) is 0.268. The molecule has 364 valence electrons. The molecule has 4 atom stereocenters. The molecule has 3 aliphatic carbocycles. The van der Waals surface area contributed by atoms with E-state index in [0.717, 1.165) is 21.9 Å². The van der Waals surface area contributed by atoms with E-state index in [0.29, 0.717) is 0 Å². The van der Waals surface area contributed by atoms with Crippen LogP contribution in [0.5, 0.6) is 0 Å². The van der Waals surface area contributed by atoms with Crippen molar-refractivity contribution in [2.45, 2.75) is 120 Å². The molecule has 0 saturated heterocycles. The predicted octanol–water partition coefficient (Wildman–Crippen LogP) is 19.5. The topological polar surface area (TPSA) is 19.6 Å². The van der Waals surface area contributed by atoms with E-state index in [-0.39, 0.29) is 27.3 Å². The van der Waals surface area contributed by atoms with Crippen molar-refractivity contribution in [3.8, 4) is 44.5 Å². The molecular formula is C71H64N2O. The summed E-state index contributed by atoms with van der Waals surface area (Å²) in [5, 5.41) is 4.95. The highest BCUT2D eigenvalue weighted by molar-refractivity contribution is 6.11. The predicted molar refractivity (Wildman–Crippen MR) is 311 cm³/mol. The van der Waals surface area contributed by atoms with E-state index < -0.39 is 0 Å². The summed E-state index contributed by atoms with van der Waals surface area (Å²) in [5.74, 6) is 0. The number of para-hydroxylation sites is 3. The first-order chi connectivity index (χ1) is 35.9. The van der Waals surface area contributed by atoms with Gasteiger partial charge in [-0.1, -0.05) is 150 Å². The SMILES string of the molecule is CC1(C)c2cc(-c3ccc4c(c3)oc3ccccc34)c(-c3ccc4c(c3)C3(C)CCCCC3(C)N4c3ccccc3)cc2-c2c1cc(-c1ccc3c(c1)C1(C)CCCCC1(C)N3c1ccccc1)c1ccccc21. The van der Waals surface area contributed by atoms with Gasteiger partial charge >= 0.3 is 0 Å². The number of hydrogen-bond acceptors (Lipinski definition) is 3. The van der Waals surface area contributed by atoms with Crippen LogP contribution in [0.15, 0.2) is 186 Å². The summed E-state index contributed by atoms with van der Waals surface area (Å²) in [4.78, 5) is 5.39. The van der Waals surface area contributed by atoms with Crippen molar-refractivity contribution in [2.24, 2.45) is 0 Å². The molecule has 5 aliphatic rings. The number of furan rings is 1. The zero-order valence-corrected chi connectivity index (χ0v) is 43.8. The molecular weight excluding hydrogens is 897 g/mol. The van der Waals surface area contributed by atoms with Crippen LogP contribution in [-0.2, 0) is 16.2 Å². The van der Waals surface area contributed by atoms with E-state index in [4.69, 9.17) is 4.42 Å². The summed E-state index contributed by atoms with van der Waals surface area (Å²) in [5.41, 5.74) is 22.9. The zero-order valence-electron chi connectivity index (χ0n) is 43.8. The van der Waals surface area contributed by atoms with Crippen molar-refractivity contribution in [1.29, 1.82) is 0 Å². The van der Waals surface area contributed by atoms with Gasteiger partial charge in [0.2, 0.25) is 0 Å². The van der Waals surface area contributed by atoms with Crippen molar-refractivity contribution in [3.05, 3.63) is 204 Å². The van der Waals surface area contributed by atoms with E-state index in [1.54, 1.807) is 0 Å². The maximum absolute atomic E-state index is 6.63. The maximum atomic E-state index is 6.63. The van der Waals surface area contributed by atoms with E-state index in [1.807, 2.05) is 0 Å². The van der Waals surface area contributed by atoms with Crippen LogP contribution in [0, 0.1) is 0 Å². The summed E-state index contributed by atoms with van der Waals surface area (Å²) < 4.78 is 6.63. The first-order valence-corrected chi connectivity index (χ1v) is 27.6. The molecule has 0 bridgehead atoms. The van der Waals surface area contributed by atoms with Gasteiger partial charge in [0, 0.05) is 49.8 Å². The van der Waals surface area contributed by atoms with E-state index in [2.05, 4.69) is 233 Å². The van der Waals surface area contributed by atoms with Crippen molar-refractivity contribution in [3.63, 3.8) is 0 Å². The van der Waals surface area contributed by atoms with Gasteiger partial charge in [-0.15, -0.1) is 0 Å². The van der Waals surface area contributed by atoms with Crippen molar-refractivity contribution < 1.29 is 4.42 Å². The third-order valence-electron chi connectivity index (χ3n) is 20.4. The van der Waals surface area contributed by atoms with Crippen LogP contribution in [0.1, 0.15) is 115 Å². The molecule has 3 heterocycles. The van der Waals surface area contributed by atoms with Crippen LogP contribution in [0.3, 0.4) is 0 Å². The Labute approximate surface area is 436 Å². The van der Waals surface area contributed by atoms with Crippen molar-refractivity contribution in [1.82, 2.24) is 0 Å². The maximum Gasteiger partial charge on any atom is 0.136 e. The first-order valence-electron chi connectivity index (χ1n) is 27.6. The Hall–Kier alpha value is -7.36. The second-order valence-electron chi connectivity index (χ2n) is 24.2. The average molecular weight is 961 g/mol. The Kier molecular flexibility index (Phi) is 9.16. The Bertz CT molecular complexity index is 3980. The monoisotopic (exact) mass is 961 g/mol. The van der Waals surface area contributed by atoms with Crippen molar-refractivity contribution >= 4 is 55.5 Å². The van der Waals surface area contributed by atoms with Crippen LogP contribution in [0.2, 0.25) is 0 Å².